The van der Waals surface area contributed by atoms with Gasteiger partial charge in [0.05, 0.1) is 0 Å². The summed E-state index contributed by atoms with van der Waals surface area (Å²) in [5, 5.41) is 2.90. The first-order chi connectivity index (χ1) is 8.64. The highest BCUT2D eigenvalue weighted by atomic mass is 16.1. The van der Waals surface area contributed by atoms with Crippen molar-refractivity contribution in [3.63, 3.8) is 0 Å². The van der Waals surface area contributed by atoms with Crippen LogP contribution in [0.2, 0.25) is 0 Å². The Labute approximate surface area is 115 Å². The first kappa shape index (κ1) is 19.8. The van der Waals surface area contributed by atoms with Crippen LogP contribution in [0.3, 0.4) is 0 Å². The van der Waals surface area contributed by atoms with Crippen LogP contribution in [-0.4, -0.2) is 12.5 Å². The van der Waals surface area contributed by atoms with Crippen LogP contribution < -0.4 is 5.32 Å². The molecule has 18 heavy (non-hydrogen) atoms. The quantitative estimate of drug-likeness (QED) is 0.718. The fourth-order valence-corrected chi connectivity index (χ4v) is 2.94. The number of carbonyl (C=O) groups is 1. The number of hydrogen-bond acceptors (Lipinski definition) is 1. The lowest BCUT2D eigenvalue weighted by Gasteiger charge is -2.58. The second-order valence-corrected chi connectivity index (χ2v) is 4.90. The van der Waals surface area contributed by atoms with Crippen LogP contribution in [0.5, 0.6) is 0 Å². The predicted molar refractivity (Wildman–Crippen MR) is 81.6 cm³/mol. The van der Waals surface area contributed by atoms with Crippen LogP contribution in [0.15, 0.2) is 0 Å². The van der Waals surface area contributed by atoms with Gasteiger partial charge in [-0.3, -0.25) is 4.79 Å². The normalized spacial score (nSPS) is 29.7. The standard InChI is InChI=1S/C10H17NO.3C2H6/c1-10(2)7-3-8(10)5-9(4-7)11-6-12;3*1-2/h6-9H,3-5H2,1-2H3,(H,11,12);3*1-2H3/t7-,8+,9?;;;. The average molecular weight is 257 g/mol. The third-order valence-electron chi connectivity index (χ3n) is 4.12. The number of carbonyl (C=O) groups excluding carboxylic acids is 1. The Morgan fingerprint density at radius 3 is 1.56 bits per heavy atom. The second-order valence-electron chi connectivity index (χ2n) is 4.90. The van der Waals surface area contributed by atoms with E-state index >= 15 is 0 Å². The van der Waals surface area contributed by atoms with Crippen molar-refractivity contribution in [1.82, 2.24) is 5.32 Å². The summed E-state index contributed by atoms with van der Waals surface area (Å²) in [5.74, 6) is 1.71. The highest BCUT2D eigenvalue weighted by Crippen LogP contribution is 2.58. The maximum atomic E-state index is 10.2. The Hall–Kier alpha value is -0.530. The van der Waals surface area contributed by atoms with Crippen molar-refractivity contribution < 1.29 is 4.79 Å². The van der Waals surface area contributed by atoms with E-state index in [2.05, 4.69) is 19.2 Å². The summed E-state index contributed by atoms with van der Waals surface area (Å²) in [5.41, 5.74) is 0.557. The molecular formula is C16H35NO. The minimum Gasteiger partial charge on any atom is -0.356 e. The van der Waals surface area contributed by atoms with Crippen molar-refractivity contribution >= 4 is 6.41 Å². The number of nitrogens with one attached hydrogen (secondary N) is 1. The number of amides is 1. The van der Waals surface area contributed by atoms with E-state index in [9.17, 15) is 4.79 Å². The van der Waals surface area contributed by atoms with Crippen molar-refractivity contribution in [3.05, 3.63) is 0 Å². The Balaban J connectivity index is 0. The van der Waals surface area contributed by atoms with E-state index in [-0.39, 0.29) is 0 Å². The Morgan fingerprint density at radius 2 is 1.28 bits per heavy atom. The average Bonchev–Trinajstić information content (AvgIpc) is 2.46. The van der Waals surface area contributed by atoms with Crippen molar-refractivity contribution in [1.29, 1.82) is 0 Å². The van der Waals surface area contributed by atoms with E-state index in [1.807, 2.05) is 41.5 Å². The second kappa shape index (κ2) is 10.4. The molecule has 0 saturated heterocycles. The molecule has 2 nitrogen and oxygen atoms in total. The van der Waals surface area contributed by atoms with Gasteiger partial charge in [0.2, 0.25) is 6.41 Å². The van der Waals surface area contributed by atoms with E-state index < -0.39 is 0 Å². The lowest BCUT2D eigenvalue weighted by molar-refractivity contribution is -0.114. The molecular weight excluding hydrogens is 222 g/mol. The summed E-state index contributed by atoms with van der Waals surface area (Å²) >= 11 is 0. The van der Waals surface area contributed by atoms with Gasteiger partial charge in [-0.25, -0.2) is 0 Å². The van der Waals surface area contributed by atoms with Crippen LogP contribution in [0.4, 0.5) is 0 Å². The molecule has 1 unspecified atom stereocenters. The van der Waals surface area contributed by atoms with Gasteiger partial charge in [-0.1, -0.05) is 55.4 Å². The van der Waals surface area contributed by atoms with Gasteiger partial charge in [-0.15, -0.1) is 0 Å². The molecule has 2 heteroatoms. The van der Waals surface area contributed by atoms with Gasteiger partial charge < -0.3 is 5.32 Å². The van der Waals surface area contributed by atoms with Gasteiger partial charge >= 0.3 is 0 Å². The lowest BCUT2D eigenvalue weighted by Crippen LogP contribution is -2.54. The van der Waals surface area contributed by atoms with Crippen LogP contribution >= 0.6 is 0 Å². The van der Waals surface area contributed by atoms with Crippen LogP contribution in [0.1, 0.15) is 74.7 Å². The van der Waals surface area contributed by atoms with Crippen LogP contribution in [0.25, 0.3) is 0 Å². The molecule has 3 atom stereocenters. The molecule has 1 amide bonds. The van der Waals surface area contributed by atoms with E-state index in [0.29, 0.717) is 11.5 Å². The number of rotatable bonds is 2. The zero-order valence-electron chi connectivity index (χ0n) is 13.8. The SMILES string of the molecule is CC.CC.CC.CC1(C)[C@@H]2CC(NC=O)C[C@H]1C2. The minimum absolute atomic E-state index is 0.472. The largest absolute Gasteiger partial charge is 0.356 e. The number of fused-ring (bicyclic) bond motifs is 2. The summed E-state index contributed by atoms with van der Waals surface area (Å²) in [6.07, 6.45) is 4.64. The summed E-state index contributed by atoms with van der Waals surface area (Å²) < 4.78 is 0. The molecule has 0 aromatic rings. The van der Waals surface area contributed by atoms with Gasteiger partial charge in [0.25, 0.3) is 0 Å². The minimum atomic E-state index is 0.472. The van der Waals surface area contributed by atoms with Gasteiger partial charge in [-0.2, -0.15) is 0 Å². The van der Waals surface area contributed by atoms with Gasteiger partial charge in [0, 0.05) is 6.04 Å². The first-order valence-corrected chi connectivity index (χ1v) is 7.84. The third kappa shape index (κ3) is 4.62. The Bertz CT molecular complexity index is 187. The first-order valence-electron chi connectivity index (χ1n) is 7.84. The predicted octanol–water partition coefficient (Wildman–Crippen LogP) is 4.64. The molecule has 3 aliphatic rings. The molecule has 1 N–H and O–H groups in total. The van der Waals surface area contributed by atoms with E-state index in [1.165, 1.54) is 19.3 Å². The molecule has 0 heterocycles. The molecule has 110 valence electrons. The van der Waals surface area contributed by atoms with Gasteiger partial charge in [0.1, 0.15) is 0 Å². The van der Waals surface area contributed by atoms with Gasteiger partial charge in [-0.05, 0) is 36.5 Å². The number of hydrogen-bond donors (Lipinski definition) is 1. The molecule has 0 spiro atoms. The molecule has 3 saturated carbocycles. The maximum Gasteiger partial charge on any atom is 0.207 e. The molecule has 2 bridgehead atoms. The molecule has 0 aromatic carbocycles. The zero-order valence-corrected chi connectivity index (χ0v) is 13.8. The van der Waals surface area contributed by atoms with E-state index in [4.69, 9.17) is 0 Å². The van der Waals surface area contributed by atoms with Crippen LogP contribution in [0, 0.1) is 17.3 Å². The van der Waals surface area contributed by atoms with Gasteiger partial charge in [0.15, 0.2) is 0 Å². The monoisotopic (exact) mass is 257 g/mol. The topological polar surface area (TPSA) is 29.1 Å². The van der Waals surface area contributed by atoms with Crippen molar-refractivity contribution in [2.45, 2.75) is 80.7 Å². The van der Waals surface area contributed by atoms with Crippen molar-refractivity contribution in [2.75, 3.05) is 0 Å². The van der Waals surface area contributed by atoms with Crippen molar-refractivity contribution in [3.8, 4) is 0 Å². The molecule has 0 radical (unpaired) electrons. The Kier molecular flexibility index (Phi) is 11.4. The van der Waals surface area contributed by atoms with E-state index in [0.717, 1.165) is 18.2 Å². The van der Waals surface area contributed by atoms with Crippen molar-refractivity contribution in [2.24, 2.45) is 17.3 Å². The summed E-state index contributed by atoms with van der Waals surface area (Å²) in [4.78, 5) is 10.2. The fraction of sp³-hybridized carbons (Fsp3) is 0.938. The lowest BCUT2D eigenvalue weighted by atomic mass is 9.48. The smallest absolute Gasteiger partial charge is 0.207 e. The fourth-order valence-electron chi connectivity index (χ4n) is 2.94. The van der Waals surface area contributed by atoms with Crippen LogP contribution in [-0.2, 0) is 4.79 Å². The molecule has 0 aliphatic heterocycles. The summed E-state index contributed by atoms with van der Waals surface area (Å²) in [6, 6.07) is 0.472. The molecule has 0 aromatic heterocycles. The third-order valence-corrected chi connectivity index (χ3v) is 4.12. The summed E-state index contributed by atoms with van der Waals surface area (Å²) in [7, 11) is 0. The summed E-state index contributed by atoms with van der Waals surface area (Å²) in [6.45, 7) is 16.7. The van der Waals surface area contributed by atoms with E-state index in [1.54, 1.807) is 0 Å². The molecule has 3 aliphatic carbocycles. The highest BCUT2D eigenvalue weighted by Gasteiger charge is 2.52. The highest BCUT2D eigenvalue weighted by molar-refractivity contribution is 5.46. The molecule has 3 fully saturated rings. The molecule has 3 rings (SSSR count). The zero-order chi connectivity index (χ0) is 14.8. The maximum absolute atomic E-state index is 10.2. The Morgan fingerprint density at radius 1 is 0.889 bits per heavy atom.